The van der Waals surface area contributed by atoms with Gasteiger partial charge in [-0.1, -0.05) is 0 Å². The molecule has 0 radical (unpaired) electrons. The number of nitrogens with two attached hydrogens (primary N) is 1. The van der Waals surface area contributed by atoms with Crippen LogP contribution in [0.5, 0.6) is 0 Å². The first kappa shape index (κ1) is 15.8. The lowest BCUT2D eigenvalue weighted by atomic mass is 10.3. The monoisotopic (exact) mass is 296 g/mol. The second-order valence-electron chi connectivity index (χ2n) is 3.76. The highest BCUT2D eigenvalue weighted by atomic mass is 32.2. The Morgan fingerprint density at radius 3 is 2.58 bits per heavy atom. The number of anilines is 1. The quantitative estimate of drug-likeness (QED) is 0.633. The van der Waals surface area contributed by atoms with Crippen molar-refractivity contribution in [2.75, 3.05) is 26.1 Å². The van der Waals surface area contributed by atoms with Crippen molar-refractivity contribution in [3.8, 4) is 0 Å². The van der Waals surface area contributed by atoms with Crippen LogP contribution in [0.2, 0.25) is 0 Å². The molecule has 0 amide bonds. The highest BCUT2D eigenvalue weighted by molar-refractivity contribution is 7.89. The van der Waals surface area contributed by atoms with E-state index in [1.165, 1.54) is 7.11 Å². The lowest BCUT2D eigenvalue weighted by molar-refractivity contribution is 0.139. The molecule has 6 nitrogen and oxygen atoms in total. The number of sulfonamides is 1. The molecule has 0 bridgehead atoms. The predicted octanol–water partition coefficient (Wildman–Crippen LogP) is -0.167. The van der Waals surface area contributed by atoms with Gasteiger partial charge < -0.3 is 15.6 Å². The van der Waals surface area contributed by atoms with E-state index in [1.807, 2.05) is 4.72 Å². The number of ether oxygens (including phenoxy) is 1. The Labute approximate surface area is 109 Å². The van der Waals surface area contributed by atoms with Crippen LogP contribution in [0.3, 0.4) is 0 Å². The Hall–Kier alpha value is -1.29. The number of aliphatic hydroxyl groups excluding tert-OH is 1. The van der Waals surface area contributed by atoms with E-state index in [4.69, 9.17) is 10.8 Å². The maximum atomic E-state index is 13.5. The molecule has 0 heterocycles. The smallest absolute Gasteiger partial charge is 0.243 e. The number of nitrogen functional groups attached to an aromatic ring is 1. The summed E-state index contributed by atoms with van der Waals surface area (Å²) in [7, 11) is -2.96. The molecule has 1 unspecified atom stereocenters. The number of aliphatic hydroxyl groups is 1. The first-order chi connectivity index (χ1) is 8.81. The standard InChI is InChI=1S/C10H14F2N2O4S/c1-18-5-6(4-15)14-19(16,17)10-3-9(13)7(11)2-8(10)12/h2-3,6,14-15H,4-5,13H2,1H3. The van der Waals surface area contributed by atoms with Gasteiger partial charge in [-0.3, -0.25) is 0 Å². The molecule has 0 saturated carbocycles. The van der Waals surface area contributed by atoms with Crippen molar-refractivity contribution in [1.29, 1.82) is 0 Å². The summed E-state index contributed by atoms with van der Waals surface area (Å²) >= 11 is 0. The van der Waals surface area contributed by atoms with Crippen LogP contribution < -0.4 is 10.5 Å². The molecule has 0 aliphatic heterocycles. The van der Waals surface area contributed by atoms with Gasteiger partial charge >= 0.3 is 0 Å². The summed E-state index contributed by atoms with van der Waals surface area (Å²) in [6.45, 7) is -0.639. The third kappa shape index (κ3) is 3.83. The minimum Gasteiger partial charge on any atom is -0.396 e. The second-order valence-corrected chi connectivity index (χ2v) is 5.44. The maximum Gasteiger partial charge on any atom is 0.243 e. The van der Waals surface area contributed by atoms with Crippen molar-refractivity contribution in [1.82, 2.24) is 4.72 Å². The summed E-state index contributed by atoms with van der Waals surface area (Å²) in [5.74, 6) is -2.32. The summed E-state index contributed by atoms with van der Waals surface area (Å²) < 4.78 is 56.9. The number of hydrogen-bond acceptors (Lipinski definition) is 5. The topological polar surface area (TPSA) is 102 Å². The lowest BCUT2D eigenvalue weighted by Gasteiger charge is -2.16. The summed E-state index contributed by atoms with van der Waals surface area (Å²) in [5.41, 5.74) is 4.71. The SMILES string of the molecule is COCC(CO)NS(=O)(=O)c1cc(N)c(F)cc1F. The van der Waals surface area contributed by atoms with Crippen molar-refractivity contribution in [3.63, 3.8) is 0 Å². The molecule has 0 saturated heterocycles. The van der Waals surface area contributed by atoms with Gasteiger partial charge in [0.05, 0.1) is 24.9 Å². The largest absolute Gasteiger partial charge is 0.396 e. The third-order valence-electron chi connectivity index (χ3n) is 2.25. The number of benzene rings is 1. The van der Waals surface area contributed by atoms with Crippen molar-refractivity contribution in [3.05, 3.63) is 23.8 Å². The molecule has 1 aromatic carbocycles. The van der Waals surface area contributed by atoms with Gasteiger partial charge in [0.2, 0.25) is 10.0 Å². The van der Waals surface area contributed by atoms with Gasteiger partial charge in [-0.05, 0) is 6.07 Å². The Kier molecular flexibility index (Phi) is 5.18. The average Bonchev–Trinajstić information content (AvgIpc) is 2.32. The van der Waals surface area contributed by atoms with Gasteiger partial charge in [-0.2, -0.15) is 0 Å². The van der Waals surface area contributed by atoms with E-state index in [0.29, 0.717) is 12.1 Å². The fourth-order valence-corrected chi connectivity index (χ4v) is 2.66. The molecule has 0 aliphatic rings. The Morgan fingerprint density at radius 1 is 1.42 bits per heavy atom. The highest BCUT2D eigenvalue weighted by Gasteiger charge is 2.24. The van der Waals surface area contributed by atoms with Crippen molar-refractivity contribution in [2.45, 2.75) is 10.9 Å². The summed E-state index contributed by atoms with van der Waals surface area (Å²) in [5, 5.41) is 8.95. The fraction of sp³-hybridized carbons (Fsp3) is 0.400. The number of methoxy groups -OCH3 is 1. The van der Waals surface area contributed by atoms with Gasteiger partial charge in [0, 0.05) is 13.2 Å². The zero-order valence-corrected chi connectivity index (χ0v) is 10.9. The molecule has 0 spiro atoms. The zero-order chi connectivity index (χ0) is 14.6. The third-order valence-corrected chi connectivity index (χ3v) is 3.79. The van der Waals surface area contributed by atoms with Crippen LogP contribution in [-0.2, 0) is 14.8 Å². The van der Waals surface area contributed by atoms with Crippen LogP contribution in [0, 0.1) is 11.6 Å². The molecular formula is C10H14F2N2O4S. The van der Waals surface area contributed by atoms with Gasteiger partial charge in [0.15, 0.2) is 0 Å². The molecule has 0 aliphatic carbocycles. The molecule has 1 atom stereocenters. The van der Waals surface area contributed by atoms with Crippen LogP contribution in [0.4, 0.5) is 14.5 Å². The molecule has 9 heteroatoms. The van der Waals surface area contributed by atoms with E-state index in [9.17, 15) is 17.2 Å². The Bertz CT molecular complexity index is 551. The second kappa shape index (κ2) is 6.24. The van der Waals surface area contributed by atoms with Crippen LogP contribution in [0.15, 0.2) is 17.0 Å². The minimum absolute atomic E-state index is 0.103. The number of halogens is 2. The van der Waals surface area contributed by atoms with Gasteiger partial charge in [-0.15, -0.1) is 0 Å². The van der Waals surface area contributed by atoms with Crippen molar-refractivity contribution >= 4 is 15.7 Å². The summed E-state index contributed by atoms with van der Waals surface area (Å²) in [4.78, 5) is -0.791. The van der Waals surface area contributed by atoms with Crippen LogP contribution in [-0.4, -0.2) is 39.9 Å². The van der Waals surface area contributed by atoms with E-state index in [1.54, 1.807) is 0 Å². The zero-order valence-electron chi connectivity index (χ0n) is 10.1. The normalized spacial score (nSPS) is 13.5. The lowest BCUT2D eigenvalue weighted by Crippen LogP contribution is -2.40. The van der Waals surface area contributed by atoms with E-state index in [-0.39, 0.29) is 6.61 Å². The van der Waals surface area contributed by atoms with Gasteiger partial charge in [-0.25, -0.2) is 21.9 Å². The molecule has 1 aromatic rings. The van der Waals surface area contributed by atoms with Crippen molar-refractivity contribution in [2.24, 2.45) is 0 Å². The van der Waals surface area contributed by atoms with Crippen LogP contribution in [0.1, 0.15) is 0 Å². The van der Waals surface area contributed by atoms with E-state index < -0.39 is 44.9 Å². The number of hydrogen-bond donors (Lipinski definition) is 3. The van der Waals surface area contributed by atoms with E-state index in [2.05, 4.69) is 4.74 Å². The van der Waals surface area contributed by atoms with E-state index in [0.717, 1.165) is 0 Å². The minimum atomic E-state index is -4.28. The Balaban J connectivity index is 3.10. The average molecular weight is 296 g/mol. The first-order valence-corrected chi connectivity index (χ1v) is 6.66. The number of rotatable bonds is 6. The Morgan fingerprint density at radius 2 is 2.05 bits per heavy atom. The summed E-state index contributed by atoms with van der Waals surface area (Å²) in [6, 6.07) is 0.114. The van der Waals surface area contributed by atoms with Crippen LogP contribution in [0.25, 0.3) is 0 Å². The van der Waals surface area contributed by atoms with Gasteiger partial charge in [0.1, 0.15) is 16.5 Å². The van der Waals surface area contributed by atoms with E-state index >= 15 is 0 Å². The van der Waals surface area contributed by atoms with Crippen LogP contribution >= 0.6 is 0 Å². The maximum absolute atomic E-state index is 13.5. The molecule has 0 fully saturated rings. The molecule has 19 heavy (non-hydrogen) atoms. The number of nitrogens with one attached hydrogen (secondary N) is 1. The fourth-order valence-electron chi connectivity index (χ4n) is 1.36. The van der Waals surface area contributed by atoms with Gasteiger partial charge in [0.25, 0.3) is 0 Å². The molecule has 108 valence electrons. The molecule has 4 N–H and O–H groups in total. The molecule has 1 rings (SSSR count). The highest BCUT2D eigenvalue weighted by Crippen LogP contribution is 2.21. The first-order valence-electron chi connectivity index (χ1n) is 5.18. The summed E-state index contributed by atoms with van der Waals surface area (Å²) in [6.07, 6.45) is 0. The molecular weight excluding hydrogens is 282 g/mol. The van der Waals surface area contributed by atoms with Crippen molar-refractivity contribution < 1.29 is 27.0 Å². The predicted molar refractivity (Wildman–Crippen MR) is 63.8 cm³/mol. The molecule has 0 aromatic heterocycles.